The van der Waals surface area contributed by atoms with E-state index in [1.54, 1.807) is 18.3 Å². The monoisotopic (exact) mass is 297 g/mol. The summed E-state index contributed by atoms with van der Waals surface area (Å²) in [7, 11) is 0. The highest BCUT2D eigenvalue weighted by Gasteiger charge is 2.00. The second-order valence-corrected chi connectivity index (χ2v) is 5.30. The summed E-state index contributed by atoms with van der Waals surface area (Å²) in [4.78, 5) is 18.0. The first-order valence-corrected chi connectivity index (χ1v) is 7.17. The molecular formula is C17H19N3O2. The molecule has 5 heteroatoms. The molecule has 0 bridgehead atoms. The van der Waals surface area contributed by atoms with Crippen molar-refractivity contribution in [1.29, 1.82) is 0 Å². The lowest BCUT2D eigenvalue weighted by Gasteiger charge is -2.10. The molecule has 2 aromatic rings. The first-order chi connectivity index (χ1) is 10.7. The molecule has 0 radical (unpaired) electrons. The quantitative estimate of drug-likeness (QED) is 0.625. The van der Waals surface area contributed by atoms with Crippen molar-refractivity contribution in [2.24, 2.45) is 10.9 Å². The van der Waals surface area contributed by atoms with E-state index in [0.717, 1.165) is 11.3 Å². The molecule has 114 valence electrons. The van der Waals surface area contributed by atoms with Gasteiger partial charge < -0.3 is 10.1 Å². The van der Waals surface area contributed by atoms with Crippen molar-refractivity contribution in [2.75, 3.05) is 11.9 Å². The lowest BCUT2D eigenvalue weighted by Crippen LogP contribution is -2.05. The van der Waals surface area contributed by atoms with Crippen LogP contribution in [0, 0.1) is 5.92 Å². The smallest absolute Gasteiger partial charge is 0.240 e. The van der Waals surface area contributed by atoms with E-state index >= 15 is 0 Å². The highest BCUT2D eigenvalue weighted by molar-refractivity contribution is 5.53. The van der Waals surface area contributed by atoms with E-state index in [2.05, 4.69) is 29.1 Å². The number of hydrogen-bond donors (Lipinski definition) is 1. The summed E-state index contributed by atoms with van der Waals surface area (Å²) < 4.78 is 5.65. The van der Waals surface area contributed by atoms with Crippen LogP contribution in [0.5, 0.6) is 5.75 Å². The molecule has 0 aliphatic rings. The third kappa shape index (κ3) is 5.04. The van der Waals surface area contributed by atoms with Gasteiger partial charge in [0, 0.05) is 18.8 Å². The number of anilines is 1. The molecule has 1 heterocycles. The van der Waals surface area contributed by atoms with Gasteiger partial charge in [-0.25, -0.2) is 9.78 Å². The molecule has 5 nitrogen and oxygen atoms in total. The van der Waals surface area contributed by atoms with Crippen molar-refractivity contribution in [3.63, 3.8) is 0 Å². The molecule has 1 N–H and O–H groups in total. The molecule has 0 saturated heterocycles. The summed E-state index contributed by atoms with van der Waals surface area (Å²) in [5.74, 6) is 2.04. The maximum absolute atomic E-state index is 10.2. The molecule has 0 atom stereocenters. The number of aliphatic imine (C=N–C) groups is 1. The zero-order valence-electron chi connectivity index (χ0n) is 12.7. The number of benzene rings is 1. The van der Waals surface area contributed by atoms with Gasteiger partial charge in [0.05, 0.1) is 12.3 Å². The van der Waals surface area contributed by atoms with Crippen LogP contribution in [0.25, 0.3) is 0 Å². The highest BCUT2D eigenvalue weighted by atomic mass is 16.5. The van der Waals surface area contributed by atoms with Gasteiger partial charge in [0.1, 0.15) is 11.6 Å². The molecule has 1 aromatic carbocycles. The molecule has 0 saturated carbocycles. The Morgan fingerprint density at radius 1 is 1.27 bits per heavy atom. The van der Waals surface area contributed by atoms with Crippen LogP contribution < -0.4 is 10.1 Å². The number of hydrogen-bond acceptors (Lipinski definition) is 5. The van der Waals surface area contributed by atoms with Crippen LogP contribution in [-0.4, -0.2) is 17.7 Å². The van der Waals surface area contributed by atoms with Gasteiger partial charge in [-0.15, -0.1) is 0 Å². The van der Waals surface area contributed by atoms with E-state index < -0.39 is 0 Å². The van der Waals surface area contributed by atoms with E-state index in [1.165, 1.54) is 6.08 Å². The standard InChI is InChI=1S/C17H19N3O2/c1-13(2)11-22-16-5-3-14(4-6-16)10-19-17-9-15(20-12-21)7-8-18-17/h3-9,13H,10-11H2,1-2H3,(H,18,19). The fourth-order valence-corrected chi connectivity index (χ4v) is 1.80. The minimum Gasteiger partial charge on any atom is -0.493 e. The van der Waals surface area contributed by atoms with Crippen molar-refractivity contribution in [1.82, 2.24) is 4.98 Å². The number of nitrogens with zero attached hydrogens (tertiary/aromatic N) is 2. The molecule has 0 spiro atoms. The second kappa shape index (κ2) is 7.96. The first-order valence-electron chi connectivity index (χ1n) is 7.17. The Balaban J connectivity index is 1.91. The van der Waals surface area contributed by atoms with Gasteiger partial charge in [0.25, 0.3) is 0 Å². The van der Waals surface area contributed by atoms with Crippen molar-refractivity contribution in [3.05, 3.63) is 48.2 Å². The largest absolute Gasteiger partial charge is 0.493 e. The summed E-state index contributed by atoms with van der Waals surface area (Å²) in [6, 6.07) is 11.3. The molecule has 0 aliphatic carbocycles. The SMILES string of the molecule is CC(C)COc1ccc(CNc2cc(N=C=O)ccn2)cc1. The van der Waals surface area contributed by atoms with Gasteiger partial charge in [0.2, 0.25) is 6.08 Å². The van der Waals surface area contributed by atoms with Crippen molar-refractivity contribution in [3.8, 4) is 5.75 Å². The van der Waals surface area contributed by atoms with Crippen LogP contribution in [0.1, 0.15) is 19.4 Å². The minimum absolute atomic E-state index is 0.508. The van der Waals surface area contributed by atoms with E-state index in [-0.39, 0.29) is 0 Å². The zero-order valence-corrected chi connectivity index (χ0v) is 12.7. The van der Waals surface area contributed by atoms with Gasteiger partial charge >= 0.3 is 0 Å². The van der Waals surface area contributed by atoms with Crippen LogP contribution in [0.4, 0.5) is 11.5 Å². The Morgan fingerprint density at radius 2 is 2.05 bits per heavy atom. The predicted octanol–water partition coefficient (Wildman–Crippen LogP) is 3.70. The maximum Gasteiger partial charge on any atom is 0.240 e. The Hall–Kier alpha value is -2.65. The molecule has 22 heavy (non-hydrogen) atoms. The lowest BCUT2D eigenvalue weighted by atomic mass is 10.2. The number of carbonyl (C=O) groups excluding carboxylic acids is 1. The summed E-state index contributed by atoms with van der Waals surface area (Å²) in [6.07, 6.45) is 3.12. The Kier molecular flexibility index (Phi) is 5.69. The molecule has 0 aliphatic heterocycles. The van der Waals surface area contributed by atoms with Crippen LogP contribution in [-0.2, 0) is 11.3 Å². The normalized spacial score (nSPS) is 10.1. The lowest BCUT2D eigenvalue weighted by molar-refractivity contribution is 0.271. The van der Waals surface area contributed by atoms with E-state index in [1.807, 2.05) is 24.3 Å². The summed E-state index contributed by atoms with van der Waals surface area (Å²) >= 11 is 0. The van der Waals surface area contributed by atoms with Crippen LogP contribution >= 0.6 is 0 Å². The van der Waals surface area contributed by atoms with E-state index in [9.17, 15) is 4.79 Å². The average molecular weight is 297 g/mol. The molecule has 0 amide bonds. The summed E-state index contributed by atoms with van der Waals surface area (Å²) in [6.45, 7) is 5.58. The molecule has 0 unspecified atom stereocenters. The third-order valence-corrected chi connectivity index (χ3v) is 2.90. The van der Waals surface area contributed by atoms with Gasteiger partial charge in [-0.1, -0.05) is 26.0 Å². The van der Waals surface area contributed by atoms with Gasteiger partial charge in [-0.05, 0) is 29.7 Å². The predicted molar refractivity (Wildman–Crippen MR) is 86.1 cm³/mol. The number of rotatable bonds is 7. The average Bonchev–Trinajstić information content (AvgIpc) is 2.53. The fourth-order valence-electron chi connectivity index (χ4n) is 1.80. The summed E-state index contributed by atoms with van der Waals surface area (Å²) in [5, 5.41) is 3.19. The number of nitrogens with one attached hydrogen (secondary N) is 1. The van der Waals surface area contributed by atoms with Crippen LogP contribution in [0.2, 0.25) is 0 Å². The van der Waals surface area contributed by atoms with Crippen LogP contribution in [0.15, 0.2) is 47.6 Å². The maximum atomic E-state index is 10.2. The highest BCUT2D eigenvalue weighted by Crippen LogP contribution is 2.17. The zero-order chi connectivity index (χ0) is 15.8. The molecule has 0 fully saturated rings. The van der Waals surface area contributed by atoms with Gasteiger partial charge in [-0.2, -0.15) is 4.99 Å². The number of isocyanates is 1. The number of pyridine rings is 1. The van der Waals surface area contributed by atoms with Crippen molar-refractivity contribution < 1.29 is 9.53 Å². The third-order valence-electron chi connectivity index (χ3n) is 2.90. The fraction of sp³-hybridized carbons (Fsp3) is 0.294. The minimum atomic E-state index is 0.508. The van der Waals surface area contributed by atoms with E-state index in [4.69, 9.17) is 4.74 Å². The Morgan fingerprint density at radius 3 is 2.73 bits per heavy atom. The Bertz CT molecular complexity index is 647. The van der Waals surface area contributed by atoms with Crippen molar-refractivity contribution in [2.45, 2.75) is 20.4 Å². The van der Waals surface area contributed by atoms with E-state index in [0.29, 0.717) is 30.6 Å². The first kappa shape index (κ1) is 15.7. The summed E-state index contributed by atoms with van der Waals surface area (Å²) in [5.41, 5.74) is 1.65. The second-order valence-electron chi connectivity index (χ2n) is 5.30. The van der Waals surface area contributed by atoms with Gasteiger partial charge in [-0.3, -0.25) is 0 Å². The van der Waals surface area contributed by atoms with Crippen LogP contribution in [0.3, 0.4) is 0 Å². The Labute approximate surface area is 130 Å². The topological polar surface area (TPSA) is 63.6 Å². The number of ether oxygens (including phenoxy) is 1. The number of aromatic nitrogens is 1. The molecule has 2 rings (SSSR count). The van der Waals surface area contributed by atoms with Gasteiger partial charge in [0.15, 0.2) is 0 Å². The molecular weight excluding hydrogens is 278 g/mol. The van der Waals surface area contributed by atoms with Crippen molar-refractivity contribution >= 4 is 17.6 Å². The molecule has 1 aromatic heterocycles.